The van der Waals surface area contributed by atoms with Crippen LogP contribution in [0.3, 0.4) is 0 Å². The third-order valence-corrected chi connectivity index (χ3v) is 3.84. The molecule has 4 nitrogen and oxygen atoms in total. The third kappa shape index (κ3) is 4.11. The summed E-state index contributed by atoms with van der Waals surface area (Å²) in [6.07, 6.45) is 0.261. The number of methoxy groups -OCH3 is 1. The van der Waals surface area contributed by atoms with Crippen molar-refractivity contribution in [1.29, 1.82) is 0 Å². The molecule has 2 aromatic carbocycles. The summed E-state index contributed by atoms with van der Waals surface area (Å²) in [7, 11) is 1.29. The van der Waals surface area contributed by atoms with E-state index in [2.05, 4.69) is 5.32 Å². The molecule has 0 spiro atoms. The molecule has 0 aromatic heterocycles. The molecule has 0 heterocycles. The predicted molar refractivity (Wildman–Crippen MR) is 91.0 cm³/mol. The largest absolute Gasteiger partial charge is 0.465 e. The third-order valence-electron chi connectivity index (χ3n) is 3.52. The van der Waals surface area contributed by atoms with Crippen LogP contribution in [0.5, 0.6) is 0 Å². The molecule has 1 amide bonds. The SMILES string of the molecule is COC(=O)c1c(Cl)ccc(NC(=O)Cc2cccc(C)c2)c1C. The first-order valence-corrected chi connectivity index (χ1v) is 7.53. The van der Waals surface area contributed by atoms with Crippen LogP contribution in [0.2, 0.25) is 5.02 Å². The Bertz CT molecular complexity index is 756. The van der Waals surface area contributed by atoms with Crippen molar-refractivity contribution in [2.24, 2.45) is 0 Å². The lowest BCUT2D eigenvalue weighted by Crippen LogP contribution is -2.16. The summed E-state index contributed by atoms with van der Waals surface area (Å²) < 4.78 is 4.73. The summed E-state index contributed by atoms with van der Waals surface area (Å²) in [5, 5.41) is 3.12. The number of hydrogen-bond acceptors (Lipinski definition) is 3. The lowest BCUT2D eigenvalue weighted by molar-refractivity contribution is -0.115. The fourth-order valence-electron chi connectivity index (χ4n) is 2.37. The highest BCUT2D eigenvalue weighted by molar-refractivity contribution is 6.34. The summed E-state index contributed by atoms with van der Waals surface area (Å²) in [6.45, 7) is 3.70. The summed E-state index contributed by atoms with van der Waals surface area (Å²) in [4.78, 5) is 24.0. The van der Waals surface area contributed by atoms with Crippen LogP contribution in [0.15, 0.2) is 36.4 Å². The standard InChI is InChI=1S/C18H18ClNO3/c1-11-5-4-6-13(9-11)10-16(21)20-15-8-7-14(19)17(12(15)2)18(22)23-3/h4-9H,10H2,1-3H3,(H,20,21). The van der Waals surface area contributed by atoms with E-state index in [0.717, 1.165) is 11.1 Å². The molecule has 0 atom stereocenters. The number of amides is 1. The van der Waals surface area contributed by atoms with Gasteiger partial charge in [0.1, 0.15) is 0 Å². The van der Waals surface area contributed by atoms with Gasteiger partial charge in [-0.3, -0.25) is 4.79 Å². The maximum atomic E-state index is 12.2. The Morgan fingerprint density at radius 3 is 2.57 bits per heavy atom. The molecule has 0 aliphatic rings. The van der Waals surface area contributed by atoms with Crippen LogP contribution in [0, 0.1) is 13.8 Å². The molecule has 5 heteroatoms. The highest BCUT2D eigenvalue weighted by atomic mass is 35.5. The van der Waals surface area contributed by atoms with Crippen molar-refractivity contribution >= 4 is 29.2 Å². The van der Waals surface area contributed by atoms with E-state index in [1.165, 1.54) is 7.11 Å². The van der Waals surface area contributed by atoms with Crippen molar-refractivity contribution in [3.05, 3.63) is 63.7 Å². The van der Waals surface area contributed by atoms with Gasteiger partial charge in [0.2, 0.25) is 5.91 Å². The highest BCUT2D eigenvalue weighted by Crippen LogP contribution is 2.27. The zero-order valence-corrected chi connectivity index (χ0v) is 14.0. The second-order valence-corrected chi connectivity index (χ2v) is 5.71. The monoisotopic (exact) mass is 331 g/mol. The molecule has 0 fully saturated rings. The van der Waals surface area contributed by atoms with Crippen molar-refractivity contribution in [1.82, 2.24) is 0 Å². The summed E-state index contributed by atoms with van der Waals surface area (Å²) >= 11 is 6.05. The Kier molecular flexibility index (Phi) is 5.40. The number of esters is 1. The average Bonchev–Trinajstić information content (AvgIpc) is 2.50. The zero-order chi connectivity index (χ0) is 17.0. The van der Waals surface area contributed by atoms with Gasteiger partial charge in [-0.25, -0.2) is 4.79 Å². The maximum Gasteiger partial charge on any atom is 0.339 e. The second-order valence-electron chi connectivity index (χ2n) is 5.30. The highest BCUT2D eigenvalue weighted by Gasteiger charge is 2.17. The van der Waals surface area contributed by atoms with E-state index in [1.807, 2.05) is 31.2 Å². The first-order chi connectivity index (χ1) is 10.9. The summed E-state index contributed by atoms with van der Waals surface area (Å²) in [5.74, 6) is -0.681. The van der Waals surface area contributed by atoms with E-state index < -0.39 is 5.97 Å². The number of benzene rings is 2. The number of carbonyl (C=O) groups is 2. The lowest BCUT2D eigenvalue weighted by atomic mass is 10.1. The van der Waals surface area contributed by atoms with Gasteiger partial charge in [0.05, 0.1) is 24.1 Å². The van der Waals surface area contributed by atoms with Crippen molar-refractivity contribution in [3.8, 4) is 0 Å². The minimum absolute atomic E-state index is 0.156. The molecule has 0 aliphatic carbocycles. The van der Waals surface area contributed by atoms with Gasteiger partial charge in [0.15, 0.2) is 0 Å². The number of aryl methyl sites for hydroxylation is 1. The van der Waals surface area contributed by atoms with Crippen molar-refractivity contribution < 1.29 is 14.3 Å². The second kappa shape index (κ2) is 7.29. The fourth-order valence-corrected chi connectivity index (χ4v) is 2.65. The zero-order valence-electron chi connectivity index (χ0n) is 13.3. The van der Waals surface area contributed by atoms with Gasteiger partial charge in [-0.2, -0.15) is 0 Å². The van der Waals surface area contributed by atoms with Crippen LogP contribution in [0.25, 0.3) is 0 Å². The summed E-state index contributed by atoms with van der Waals surface area (Å²) in [6, 6.07) is 11.0. The van der Waals surface area contributed by atoms with E-state index in [9.17, 15) is 9.59 Å². The molecule has 0 saturated carbocycles. The number of rotatable bonds is 4. The Morgan fingerprint density at radius 1 is 1.17 bits per heavy atom. The van der Waals surface area contributed by atoms with Gasteiger partial charge < -0.3 is 10.1 Å². The van der Waals surface area contributed by atoms with Crippen LogP contribution >= 0.6 is 11.6 Å². The quantitative estimate of drug-likeness (QED) is 0.864. The first kappa shape index (κ1) is 17.0. The molecular weight excluding hydrogens is 314 g/mol. The molecule has 0 radical (unpaired) electrons. The van der Waals surface area contributed by atoms with Gasteiger partial charge in [0, 0.05) is 5.69 Å². The fraction of sp³-hybridized carbons (Fsp3) is 0.222. The molecule has 120 valence electrons. The molecule has 0 saturated heterocycles. The minimum Gasteiger partial charge on any atom is -0.465 e. The van der Waals surface area contributed by atoms with Crippen molar-refractivity contribution in [2.45, 2.75) is 20.3 Å². The number of nitrogens with one attached hydrogen (secondary N) is 1. The van der Waals surface area contributed by atoms with Crippen molar-refractivity contribution in [2.75, 3.05) is 12.4 Å². The topological polar surface area (TPSA) is 55.4 Å². The molecule has 23 heavy (non-hydrogen) atoms. The molecule has 0 unspecified atom stereocenters. The van der Waals surface area contributed by atoms with E-state index in [0.29, 0.717) is 16.3 Å². The Balaban J connectivity index is 2.20. The molecule has 2 rings (SSSR count). The minimum atomic E-state index is -0.526. The Morgan fingerprint density at radius 2 is 1.91 bits per heavy atom. The van der Waals surface area contributed by atoms with Gasteiger partial charge in [-0.1, -0.05) is 41.4 Å². The van der Waals surface area contributed by atoms with Gasteiger partial charge >= 0.3 is 5.97 Å². The van der Waals surface area contributed by atoms with E-state index in [4.69, 9.17) is 16.3 Å². The first-order valence-electron chi connectivity index (χ1n) is 7.15. The molecule has 1 N–H and O–H groups in total. The van der Waals surface area contributed by atoms with Crippen LogP contribution in [0.4, 0.5) is 5.69 Å². The number of carbonyl (C=O) groups excluding carboxylic acids is 2. The number of ether oxygens (including phenoxy) is 1. The van der Waals surface area contributed by atoms with Crippen LogP contribution in [0.1, 0.15) is 27.0 Å². The van der Waals surface area contributed by atoms with E-state index in [1.54, 1.807) is 19.1 Å². The average molecular weight is 332 g/mol. The van der Waals surface area contributed by atoms with Crippen LogP contribution < -0.4 is 5.32 Å². The number of hydrogen-bond donors (Lipinski definition) is 1. The smallest absolute Gasteiger partial charge is 0.339 e. The molecule has 0 bridgehead atoms. The molecule has 0 aliphatic heterocycles. The normalized spacial score (nSPS) is 10.3. The number of halogens is 1. The van der Waals surface area contributed by atoms with E-state index >= 15 is 0 Å². The van der Waals surface area contributed by atoms with Gasteiger partial charge in [-0.15, -0.1) is 0 Å². The molecular formula is C18H18ClNO3. The maximum absolute atomic E-state index is 12.2. The van der Waals surface area contributed by atoms with Crippen molar-refractivity contribution in [3.63, 3.8) is 0 Å². The summed E-state index contributed by atoms with van der Waals surface area (Å²) in [5.41, 5.74) is 3.44. The predicted octanol–water partition coefficient (Wildman–Crippen LogP) is 3.92. The van der Waals surface area contributed by atoms with Crippen LogP contribution in [-0.2, 0) is 16.0 Å². The van der Waals surface area contributed by atoms with E-state index in [-0.39, 0.29) is 17.9 Å². The van der Waals surface area contributed by atoms with Gasteiger partial charge in [0.25, 0.3) is 0 Å². The van der Waals surface area contributed by atoms with Crippen LogP contribution in [-0.4, -0.2) is 19.0 Å². The van der Waals surface area contributed by atoms with Gasteiger partial charge in [-0.05, 0) is 37.1 Å². The number of anilines is 1. The Hall–Kier alpha value is -2.33. The lowest BCUT2D eigenvalue weighted by Gasteiger charge is -2.13. The molecule has 2 aromatic rings. The Labute approximate surface area is 140 Å².